The first-order valence-electron chi connectivity index (χ1n) is 12.2. The number of ether oxygens (including phenoxy) is 2. The van der Waals surface area contributed by atoms with Gasteiger partial charge in [-0.05, 0) is 46.8 Å². The van der Waals surface area contributed by atoms with Crippen LogP contribution in [0.25, 0.3) is 0 Å². The molecule has 210 valence electrons. The molecule has 2 aromatic rings. The van der Waals surface area contributed by atoms with Gasteiger partial charge in [0.2, 0.25) is 0 Å². The minimum absolute atomic E-state index is 0.0531. The van der Waals surface area contributed by atoms with Crippen LogP contribution >= 0.6 is 7.75 Å². The van der Waals surface area contributed by atoms with Crippen LogP contribution in [0.5, 0.6) is 5.75 Å². The zero-order valence-electron chi connectivity index (χ0n) is 21.9. The topological polar surface area (TPSA) is 170 Å². The highest BCUT2D eigenvalue weighted by Gasteiger charge is 2.53. The summed E-state index contributed by atoms with van der Waals surface area (Å²) in [7, 11) is -4.27. The van der Waals surface area contributed by atoms with E-state index in [-0.39, 0.29) is 11.6 Å². The largest absolute Gasteiger partial charge is 0.462 e. The number of aliphatic hydroxyl groups is 2. The van der Waals surface area contributed by atoms with Gasteiger partial charge in [-0.1, -0.05) is 18.2 Å². The number of carbonyl (C=O) groups excluding carboxylic acids is 1. The van der Waals surface area contributed by atoms with Crippen LogP contribution in [0, 0.1) is 0 Å². The van der Waals surface area contributed by atoms with Crippen molar-refractivity contribution in [2.45, 2.75) is 70.8 Å². The van der Waals surface area contributed by atoms with Gasteiger partial charge in [-0.25, -0.2) is 9.55 Å². The maximum Gasteiger partial charge on any atom is 0.459 e. The number of hydrogen-bond acceptors (Lipinski definition) is 11. The smallest absolute Gasteiger partial charge is 0.459 e. The second-order valence-electron chi connectivity index (χ2n) is 9.29. The van der Waals surface area contributed by atoms with Gasteiger partial charge in [-0.3, -0.25) is 18.7 Å². The first-order valence-corrected chi connectivity index (χ1v) is 13.8. The van der Waals surface area contributed by atoms with Gasteiger partial charge in [0.1, 0.15) is 29.6 Å². The molecule has 0 saturated carbocycles. The third-order valence-electron chi connectivity index (χ3n) is 5.66. The molecule has 1 aliphatic heterocycles. The molecule has 0 amide bonds. The van der Waals surface area contributed by atoms with Crippen molar-refractivity contribution in [3.8, 4) is 5.75 Å². The average molecular weight is 555 g/mol. The fourth-order valence-electron chi connectivity index (χ4n) is 3.73. The third kappa shape index (κ3) is 6.99. The summed E-state index contributed by atoms with van der Waals surface area (Å²) in [6.45, 7) is 7.93. The van der Waals surface area contributed by atoms with Crippen LogP contribution in [0.4, 0.5) is 5.82 Å². The van der Waals surface area contributed by atoms with Gasteiger partial charge < -0.3 is 29.5 Å². The summed E-state index contributed by atoms with van der Waals surface area (Å²) in [5.74, 6) is -0.423. The van der Waals surface area contributed by atoms with E-state index < -0.39 is 62.1 Å². The van der Waals surface area contributed by atoms with Crippen LogP contribution < -0.4 is 20.5 Å². The van der Waals surface area contributed by atoms with Gasteiger partial charge in [0.05, 0.1) is 12.7 Å². The zero-order valence-corrected chi connectivity index (χ0v) is 22.8. The highest BCUT2D eigenvalue weighted by molar-refractivity contribution is 7.52. The lowest BCUT2D eigenvalue weighted by atomic mass is 9.99. The Morgan fingerprint density at radius 1 is 1.26 bits per heavy atom. The summed E-state index contributed by atoms with van der Waals surface area (Å²) in [4.78, 5) is 29.1. The number of hydrogen-bond donors (Lipinski definition) is 4. The number of benzene rings is 1. The molecule has 3 rings (SSSR count). The highest BCUT2D eigenvalue weighted by atomic mass is 31.2. The van der Waals surface area contributed by atoms with Crippen molar-refractivity contribution in [3.05, 3.63) is 53.1 Å². The fourth-order valence-corrected chi connectivity index (χ4v) is 5.32. The first-order chi connectivity index (χ1) is 17.9. The minimum atomic E-state index is -4.27. The van der Waals surface area contributed by atoms with Crippen molar-refractivity contribution in [2.24, 2.45) is 0 Å². The van der Waals surface area contributed by atoms with Gasteiger partial charge in [0.25, 0.3) is 5.56 Å². The van der Waals surface area contributed by atoms with Crippen molar-refractivity contribution in [1.82, 2.24) is 14.6 Å². The Morgan fingerprint density at radius 2 is 1.95 bits per heavy atom. The Balaban J connectivity index is 1.82. The molecule has 6 atom stereocenters. The van der Waals surface area contributed by atoms with Gasteiger partial charge in [0, 0.05) is 18.9 Å². The number of rotatable bonds is 12. The van der Waals surface area contributed by atoms with Crippen molar-refractivity contribution in [2.75, 3.05) is 18.5 Å². The molecule has 4 N–H and O–H groups in total. The van der Waals surface area contributed by atoms with E-state index in [9.17, 15) is 24.4 Å². The monoisotopic (exact) mass is 554 g/mol. The van der Waals surface area contributed by atoms with Gasteiger partial charge >= 0.3 is 13.7 Å². The third-order valence-corrected chi connectivity index (χ3v) is 7.29. The molecule has 1 fully saturated rings. The molecule has 1 aromatic carbocycles. The standard InChI is InChI=1S/C24H35N4O9P/c1-6-25-20-21(31)28(13-12-26-20)22-18(29)19(30)24(5,36-22)14-34-38(33,37-17-10-8-7-9-11-17)27-16(4)23(32)35-15(2)3/h7-13,15-16,18-19,22,29-30H,6,14H2,1-5H3,(H,25,26)(H,27,33)/t16-,18+,19-,22+,24+,38-/m0/s1. The number of nitrogens with one attached hydrogen (secondary N) is 2. The molecule has 1 saturated heterocycles. The second kappa shape index (κ2) is 12.4. The number of aromatic nitrogens is 2. The van der Waals surface area contributed by atoms with E-state index in [1.54, 1.807) is 51.1 Å². The summed E-state index contributed by atoms with van der Waals surface area (Å²) >= 11 is 0. The molecular weight excluding hydrogens is 519 g/mol. The molecule has 13 nitrogen and oxygen atoms in total. The Morgan fingerprint density at radius 3 is 2.58 bits per heavy atom. The van der Waals surface area contributed by atoms with Crippen molar-refractivity contribution in [1.29, 1.82) is 0 Å². The molecule has 0 radical (unpaired) electrons. The average Bonchev–Trinajstić information content (AvgIpc) is 3.09. The maximum atomic E-state index is 13.8. The van der Waals surface area contributed by atoms with Crippen LogP contribution in [-0.2, 0) is 23.4 Å². The molecule has 2 heterocycles. The number of nitrogens with zero attached hydrogens (tertiary/aromatic N) is 2. The summed E-state index contributed by atoms with van der Waals surface area (Å²) in [5.41, 5.74) is -2.18. The van der Waals surface area contributed by atoms with Crippen molar-refractivity contribution < 1.29 is 38.1 Å². The van der Waals surface area contributed by atoms with E-state index in [1.165, 1.54) is 26.2 Å². The Hall–Kier alpha value is -2.80. The second-order valence-corrected chi connectivity index (χ2v) is 11.0. The van der Waals surface area contributed by atoms with Gasteiger partial charge in [0.15, 0.2) is 12.0 Å². The number of carbonyl (C=O) groups is 1. The zero-order chi connectivity index (χ0) is 28.1. The number of anilines is 1. The van der Waals surface area contributed by atoms with E-state index in [0.29, 0.717) is 6.54 Å². The Kier molecular flexibility index (Phi) is 9.69. The van der Waals surface area contributed by atoms with E-state index in [4.69, 9.17) is 18.5 Å². The lowest BCUT2D eigenvalue weighted by Crippen LogP contribution is -2.45. The van der Waals surface area contributed by atoms with Crippen molar-refractivity contribution in [3.63, 3.8) is 0 Å². The first kappa shape index (κ1) is 29.8. The number of aliphatic hydroxyl groups excluding tert-OH is 2. The van der Waals surface area contributed by atoms with Crippen LogP contribution in [-0.4, -0.2) is 68.8 Å². The van der Waals surface area contributed by atoms with E-state index in [1.807, 2.05) is 0 Å². The quantitative estimate of drug-likeness (QED) is 0.222. The SMILES string of the molecule is CCNc1nccn([C@@H]2O[C@](C)(CO[P@@](=O)(N[C@@H](C)C(=O)OC(C)C)Oc3ccccc3)[C@@H](O)[C@H]2O)c1=O. The molecule has 1 aliphatic rings. The molecule has 0 aliphatic carbocycles. The normalized spacial score (nSPS) is 25.5. The molecule has 0 spiro atoms. The lowest BCUT2D eigenvalue weighted by Gasteiger charge is -2.30. The fraction of sp³-hybridized carbons (Fsp3) is 0.542. The maximum absolute atomic E-state index is 13.8. The summed E-state index contributed by atoms with van der Waals surface area (Å²) in [6.07, 6.45) is -2.06. The summed E-state index contributed by atoms with van der Waals surface area (Å²) < 4.78 is 37.2. The lowest BCUT2D eigenvalue weighted by molar-refractivity contribution is -0.149. The summed E-state index contributed by atoms with van der Waals surface area (Å²) in [6, 6.07) is 7.09. The predicted molar refractivity (Wildman–Crippen MR) is 138 cm³/mol. The molecule has 38 heavy (non-hydrogen) atoms. The van der Waals surface area contributed by atoms with Gasteiger partial charge in [-0.2, -0.15) is 5.09 Å². The van der Waals surface area contributed by atoms with Gasteiger partial charge in [-0.15, -0.1) is 0 Å². The van der Waals surface area contributed by atoms with Crippen molar-refractivity contribution >= 4 is 19.5 Å². The molecule has 0 bridgehead atoms. The molecule has 14 heteroatoms. The molecule has 0 unspecified atom stereocenters. The summed E-state index contributed by atoms with van der Waals surface area (Å²) in [5, 5.41) is 27.0. The number of para-hydroxylation sites is 1. The van der Waals surface area contributed by atoms with E-state index in [2.05, 4.69) is 15.4 Å². The van der Waals surface area contributed by atoms with Crippen LogP contribution in [0.1, 0.15) is 40.8 Å². The molecular formula is C24H35N4O9P. The van der Waals surface area contributed by atoms with E-state index >= 15 is 0 Å². The predicted octanol–water partition coefficient (Wildman–Crippen LogP) is 1.82. The Labute approximate surface area is 220 Å². The Bertz CT molecular complexity index is 1190. The van der Waals surface area contributed by atoms with Crippen LogP contribution in [0.15, 0.2) is 47.5 Å². The van der Waals surface area contributed by atoms with E-state index in [0.717, 1.165) is 4.57 Å². The highest BCUT2D eigenvalue weighted by Crippen LogP contribution is 2.47. The minimum Gasteiger partial charge on any atom is -0.462 e. The number of esters is 1. The molecule has 1 aromatic heterocycles. The van der Waals surface area contributed by atoms with Crippen LogP contribution in [0.3, 0.4) is 0 Å². The van der Waals surface area contributed by atoms with Crippen LogP contribution in [0.2, 0.25) is 0 Å².